The third-order valence-corrected chi connectivity index (χ3v) is 4.64. The van der Waals surface area contributed by atoms with E-state index in [9.17, 15) is 9.18 Å². The first-order chi connectivity index (χ1) is 12.8. The highest BCUT2D eigenvalue weighted by atomic mass is 19.1. The smallest absolute Gasteiger partial charge is 0.254 e. The molecule has 2 aromatic carbocycles. The van der Waals surface area contributed by atoms with Crippen molar-refractivity contribution in [3.8, 4) is 11.3 Å². The fraction of sp³-hybridized carbons (Fsp3) is 0.273. The van der Waals surface area contributed by atoms with Crippen LogP contribution in [0.2, 0.25) is 0 Å². The summed E-state index contributed by atoms with van der Waals surface area (Å²) in [5, 5.41) is 4.12. The lowest BCUT2D eigenvalue weighted by Crippen LogP contribution is -2.36. The van der Waals surface area contributed by atoms with Crippen molar-refractivity contribution in [1.29, 1.82) is 0 Å². The van der Waals surface area contributed by atoms with Gasteiger partial charge in [-0.2, -0.15) is 0 Å². The van der Waals surface area contributed by atoms with Gasteiger partial charge in [-0.25, -0.2) is 4.39 Å². The Kier molecular flexibility index (Phi) is 5.40. The van der Waals surface area contributed by atoms with Crippen molar-refractivity contribution in [2.24, 2.45) is 0 Å². The van der Waals surface area contributed by atoms with Crippen LogP contribution in [0.5, 0.6) is 0 Å². The molecule has 0 aliphatic carbocycles. The molecular weight excluding hydrogens is 343 g/mol. The number of aromatic nitrogens is 1. The molecule has 0 radical (unpaired) electrons. The molecule has 27 heavy (non-hydrogen) atoms. The molecule has 0 saturated carbocycles. The Morgan fingerprint density at radius 1 is 1.11 bits per heavy atom. The summed E-state index contributed by atoms with van der Waals surface area (Å²) in [7, 11) is 0. The minimum atomic E-state index is -0.428. The van der Waals surface area contributed by atoms with Gasteiger partial charge >= 0.3 is 0 Å². The monoisotopic (exact) mass is 366 g/mol. The topological polar surface area (TPSA) is 46.3 Å². The van der Waals surface area contributed by atoms with E-state index in [2.05, 4.69) is 18.1 Å². The standard InChI is InChI=1S/C22H23FN2O2/c1-14(2)25(22(26)18-6-5-7-19(23)11-18)13-20-12-21(27-24-20)17-9-8-15(3)16(4)10-17/h5-12,14H,13H2,1-4H3. The van der Waals surface area contributed by atoms with Crippen molar-refractivity contribution in [2.75, 3.05) is 0 Å². The van der Waals surface area contributed by atoms with Crippen LogP contribution in [0.4, 0.5) is 4.39 Å². The highest BCUT2D eigenvalue weighted by molar-refractivity contribution is 5.94. The highest BCUT2D eigenvalue weighted by Crippen LogP contribution is 2.24. The minimum absolute atomic E-state index is 0.0671. The SMILES string of the molecule is Cc1ccc(-c2cc(CN(C(=O)c3cccc(F)c3)C(C)C)no2)cc1C. The molecule has 0 atom stereocenters. The maximum atomic E-state index is 13.5. The Morgan fingerprint density at radius 2 is 1.89 bits per heavy atom. The van der Waals surface area contributed by atoms with Crippen LogP contribution in [0, 0.1) is 19.7 Å². The molecule has 3 aromatic rings. The molecule has 140 valence electrons. The molecule has 0 bridgehead atoms. The zero-order valence-corrected chi connectivity index (χ0v) is 16.0. The van der Waals surface area contributed by atoms with Gasteiger partial charge in [-0.1, -0.05) is 23.4 Å². The number of aryl methyl sites for hydroxylation is 2. The van der Waals surface area contributed by atoms with Gasteiger partial charge in [-0.05, 0) is 63.1 Å². The van der Waals surface area contributed by atoms with E-state index < -0.39 is 5.82 Å². The van der Waals surface area contributed by atoms with Crippen LogP contribution in [0.25, 0.3) is 11.3 Å². The van der Waals surface area contributed by atoms with E-state index in [-0.39, 0.29) is 11.9 Å². The van der Waals surface area contributed by atoms with Crippen molar-refractivity contribution in [3.05, 3.63) is 76.7 Å². The Labute approximate surface area is 158 Å². The Hall–Kier alpha value is -2.95. The van der Waals surface area contributed by atoms with Gasteiger partial charge in [0.25, 0.3) is 5.91 Å². The number of hydrogen-bond donors (Lipinski definition) is 0. The largest absolute Gasteiger partial charge is 0.356 e. The first-order valence-electron chi connectivity index (χ1n) is 8.95. The van der Waals surface area contributed by atoms with Crippen LogP contribution in [0.3, 0.4) is 0 Å². The number of hydrogen-bond acceptors (Lipinski definition) is 3. The van der Waals surface area contributed by atoms with E-state index in [0.29, 0.717) is 23.6 Å². The molecule has 5 heteroatoms. The second kappa shape index (κ2) is 7.74. The molecule has 0 aliphatic rings. The van der Waals surface area contributed by atoms with Gasteiger partial charge in [0.05, 0.1) is 6.54 Å². The maximum Gasteiger partial charge on any atom is 0.254 e. The molecule has 1 heterocycles. The number of carbonyl (C=O) groups is 1. The molecule has 0 fully saturated rings. The number of halogens is 1. The summed E-state index contributed by atoms with van der Waals surface area (Å²) >= 11 is 0. The van der Waals surface area contributed by atoms with Crippen LogP contribution < -0.4 is 0 Å². The average molecular weight is 366 g/mol. The van der Waals surface area contributed by atoms with Crippen LogP contribution >= 0.6 is 0 Å². The van der Waals surface area contributed by atoms with Crippen molar-refractivity contribution >= 4 is 5.91 Å². The van der Waals surface area contributed by atoms with Gasteiger partial charge in [-0.15, -0.1) is 0 Å². The molecule has 0 aliphatic heterocycles. The molecule has 4 nitrogen and oxygen atoms in total. The van der Waals surface area contributed by atoms with Crippen LogP contribution in [-0.2, 0) is 6.54 Å². The molecule has 0 saturated heterocycles. The third-order valence-electron chi connectivity index (χ3n) is 4.64. The van der Waals surface area contributed by atoms with Crippen molar-refractivity contribution in [1.82, 2.24) is 10.1 Å². The van der Waals surface area contributed by atoms with E-state index in [1.165, 1.54) is 29.3 Å². The van der Waals surface area contributed by atoms with Crippen molar-refractivity contribution in [2.45, 2.75) is 40.3 Å². The molecule has 0 unspecified atom stereocenters. The zero-order valence-electron chi connectivity index (χ0n) is 16.0. The van der Waals surface area contributed by atoms with E-state index in [1.807, 2.05) is 39.0 Å². The van der Waals surface area contributed by atoms with Crippen LogP contribution in [0.1, 0.15) is 41.0 Å². The van der Waals surface area contributed by atoms with Gasteiger partial charge in [0, 0.05) is 23.2 Å². The second-order valence-electron chi connectivity index (χ2n) is 7.02. The molecule has 0 N–H and O–H groups in total. The number of benzene rings is 2. The van der Waals surface area contributed by atoms with E-state index >= 15 is 0 Å². The number of amides is 1. The summed E-state index contributed by atoms with van der Waals surface area (Å²) in [6, 6.07) is 13.6. The number of rotatable bonds is 5. The van der Waals surface area contributed by atoms with Gasteiger partial charge in [0.1, 0.15) is 11.5 Å². The lowest BCUT2D eigenvalue weighted by atomic mass is 10.0. The molecule has 1 amide bonds. The van der Waals surface area contributed by atoms with Gasteiger partial charge in [-0.3, -0.25) is 4.79 Å². The third kappa shape index (κ3) is 4.25. The Morgan fingerprint density at radius 3 is 2.56 bits per heavy atom. The summed E-state index contributed by atoms with van der Waals surface area (Å²) in [5.74, 6) is -0.00161. The average Bonchev–Trinajstić information content (AvgIpc) is 3.10. The summed E-state index contributed by atoms with van der Waals surface area (Å²) < 4.78 is 19.0. The zero-order chi connectivity index (χ0) is 19.6. The van der Waals surface area contributed by atoms with Crippen LogP contribution in [-0.4, -0.2) is 22.0 Å². The Balaban J connectivity index is 1.82. The quantitative estimate of drug-likeness (QED) is 0.627. The summed E-state index contributed by atoms with van der Waals surface area (Å²) in [5.41, 5.74) is 4.31. The number of nitrogens with zero attached hydrogens (tertiary/aromatic N) is 2. The van der Waals surface area contributed by atoms with E-state index in [1.54, 1.807) is 11.0 Å². The van der Waals surface area contributed by atoms with Gasteiger partial charge < -0.3 is 9.42 Å². The Bertz CT molecular complexity index is 962. The van der Waals surface area contributed by atoms with Gasteiger partial charge in [0.2, 0.25) is 0 Å². The predicted molar refractivity (Wildman–Crippen MR) is 103 cm³/mol. The van der Waals surface area contributed by atoms with E-state index in [4.69, 9.17) is 4.52 Å². The van der Waals surface area contributed by atoms with Gasteiger partial charge in [0.15, 0.2) is 5.76 Å². The van der Waals surface area contributed by atoms with E-state index in [0.717, 1.165) is 5.56 Å². The minimum Gasteiger partial charge on any atom is -0.356 e. The normalized spacial score (nSPS) is 11.0. The second-order valence-corrected chi connectivity index (χ2v) is 7.02. The molecule has 1 aromatic heterocycles. The lowest BCUT2D eigenvalue weighted by Gasteiger charge is -2.25. The first-order valence-corrected chi connectivity index (χ1v) is 8.95. The summed E-state index contributed by atoms with van der Waals surface area (Å²) in [4.78, 5) is 14.5. The lowest BCUT2D eigenvalue weighted by molar-refractivity contribution is 0.0685. The predicted octanol–water partition coefficient (Wildman–Crippen LogP) is 5.15. The first kappa shape index (κ1) is 18.8. The summed E-state index contributed by atoms with van der Waals surface area (Å²) in [6.45, 7) is 8.24. The fourth-order valence-corrected chi connectivity index (χ4v) is 2.87. The number of carbonyl (C=O) groups excluding carboxylic acids is 1. The summed E-state index contributed by atoms with van der Waals surface area (Å²) in [6.07, 6.45) is 0. The van der Waals surface area contributed by atoms with Crippen molar-refractivity contribution < 1.29 is 13.7 Å². The molecule has 3 rings (SSSR count). The van der Waals surface area contributed by atoms with Crippen molar-refractivity contribution in [3.63, 3.8) is 0 Å². The molecule has 0 spiro atoms. The van der Waals surface area contributed by atoms with Crippen LogP contribution in [0.15, 0.2) is 53.1 Å². The highest BCUT2D eigenvalue weighted by Gasteiger charge is 2.21. The maximum absolute atomic E-state index is 13.5. The fourth-order valence-electron chi connectivity index (χ4n) is 2.87. The molecular formula is C22H23FN2O2.